The maximum Gasteiger partial charge on any atom is 0.419 e. The fourth-order valence-corrected chi connectivity index (χ4v) is 2.68. The number of hydrogen-bond acceptors (Lipinski definition) is 4. The molecule has 0 aliphatic rings. The van der Waals surface area contributed by atoms with Crippen LogP contribution in [0.5, 0.6) is 5.75 Å². The third-order valence-corrected chi connectivity index (χ3v) is 4.42. The number of alkyl halides is 3. The molecule has 0 atom stereocenters. The largest absolute Gasteiger partial charge is 0.422 e. The van der Waals surface area contributed by atoms with Gasteiger partial charge in [-0.15, -0.1) is 0 Å². The smallest absolute Gasteiger partial charge is 0.419 e. The Morgan fingerprint density at radius 3 is 2.33 bits per heavy atom. The fourth-order valence-electron chi connectivity index (χ4n) is 1.84. The molecule has 0 amide bonds. The summed E-state index contributed by atoms with van der Waals surface area (Å²) in [6.45, 7) is 0. The molecular weight excluding hydrogens is 369 g/mol. The van der Waals surface area contributed by atoms with E-state index in [1.54, 1.807) is 0 Å². The number of carbonyl (C=O) groups is 1. The van der Waals surface area contributed by atoms with E-state index < -0.39 is 33.3 Å². The summed E-state index contributed by atoms with van der Waals surface area (Å²) >= 11 is 5.82. The summed E-state index contributed by atoms with van der Waals surface area (Å²) in [4.78, 5) is 11.9. The molecule has 0 fully saturated rings. The molecule has 0 saturated heterocycles. The van der Waals surface area contributed by atoms with E-state index in [1.165, 1.54) is 12.1 Å². The molecule has 24 heavy (non-hydrogen) atoms. The maximum absolute atomic E-state index is 12.9. The van der Waals surface area contributed by atoms with E-state index in [9.17, 15) is 26.4 Å². The van der Waals surface area contributed by atoms with Gasteiger partial charge < -0.3 is 4.74 Å². The van der Waals surface area contributed by atoms with E-state index in [0.29, 0.717) is 0 Å². The van der Waals surface area contributed by atoms with Gasteiger partial charge in [0.2, 0.25) is 0 Å². The molecule has 0 unspecified atom stereocenters. The van der Waals surface area contributed by atoms with Crippen LogP contribution in [0.2, 0.25) is 5.02 Å². The Labute approximate surface area is 140 Å². The Balaban J connectivity index is 2.42. The molecule has 0 aliphatic carbocycles. The van der Waals surface area contributed by atoms with E-state index in [-0.39, 0.29) is 15.5 Å². The second kappa shape index (κ2) is 6.45. The van der Waals surface area contributed by atoms with Gasteiger partial charge in [-0.25, -0.2) is 13.2 Å². The molecule has 0 saturated carbocycles. The third-order valence-electron chi connectivity index (χ3n) is 2.98. The van der Waals surface area contributed by atoms with Crippen molar-refractivity contribution in [1.82, 2.24) is 0 Å². The number of sulfone groups is 1. The average molecular weight is 379 g/mol. The summed E-state index contributed by atoms with van der Waals surface area (Å²) in [5.41, 5.74) is -1.48. The normalized spacial score (nSPS) is 12.0. The lowest BCUT2D eigenvalue weighted by atomic mass is 10.2. The highest BCUT2D eigenvalue weighted by molar-refractivity contribution is 7.90. The van der Waals surface area contributed by atoms with E-state index in [4.69, 9.17) is 16.3 Å². The zero-order valence-electron chi connectivity index (χ0n) is 12.1. The van der Waals surface area contributed by atoms with Gasteiger partial charge in [-0.2, -0.15) is 13.2 Å². The molecule has 128 valence electrons. The van der Waals surface area contributed by atoms with Crippen molar-refractivity contribution in [2.75, 3.05) is 6.26 Å². The van der Waals surface area contributed by atoms with Gasteiger partial charge in [0.05, 0.1) is 21.0 Å². The number of esters is 1. The van der Waals surface area contributed by atoms with Gasteiger partial charge in [-0.05, 0) is 30.3 Å². The van der Waals surface area contributed by atoms with Gasteiger partial charge in [-0.1, -0.05) is 23.7 Å². The molecule has 0 N–H and O–H groups in total. The topological polar surface area (TPSA) is 60.4 Å². The number of hydrogen-bond donors (Lipinski definition) is 0. The van der Waals surface area contributed by atoms with Crippen molar-refractivity contribution in [2.24, 2.45) is 0 Å². The SMILES string of the molecule is CS(=O)(=O)c1ccc(Cl)c(C(=O)Oc2ccccc2C(F)(F)F)c1. The second-order valence-electron chi connectivity index (χ2n) is 4.80. The second-order valence-corrected chi connectivity index (χ2v) is 7.22. The van der Waals surface area contributed by atoms with E-state index in [0.717, 1.165) is 36.6 Å². The number of para-hydroxylation sites is 1. The molecule has 0 bridgehead atoms. The minimum Gasteiger partial charge on any atom is -0.422 e. The number of halogens is 4. The predicted molar refractivity (Wildman–Crippen MR) is 81.0 cm³/mol. The zero-order chi connectivity index (χ0) is 18.1. The first-order chi connectivity index (χ1) is 11.0. The monoisotopic (exact) mass is 378 g/mol. The van der Waals surface area contributed by atoms with Crippen LogP contribution in [0.25, 0.3) is 0 Å². The number of benzene rings is 2. The van der Waals surface area contributed by atoms with Crippen LogP contribution >= 0.6 is 11.6 Å². The van der Waals surface area contributed by atoms with E-state index >= 15 is 0 Å². The summed E-state index contributed by atoms with van der Waals surface area (Å²) < 4.78 is 66.5. The molecule has 9 heteroatoms. The Kier molecular flexibility index (Phi) is 4.91. The first-order valence-corrected chi connectivity index (χ1v) is 8.65. The Bertz CT molecular complexity index is 892. The summed E-state index contributed by atoms with van der Waals surface area (Å²) in [7, 11) is -3.63. The molecule has 0 spiro atoms. The van der Waals surface area contributed by atoms with Crippen LogP contribution in [0.15, 0.2) is 47.4 Å². The molecule has 0 heterocycles. The van der Waals surface area contributed by atoms with Crippen molar-refractivity contribution >= 4 is 27.4 Å². The molecule has 2 aromatic carbocycles. The summed E-state index contributed by atoms with van der Waals surface area (Å²) in [5.74, 6) is -1.89. The number of ether oxygens (including phenoxy) is 1. The van der Waals surface area contributed by atoms with Gasteiger partial charge in [0.1, 0.15) is 5.75 Å². The van der Waals surface area contributed by atoms with E-state index in [1.807, 2.05) is 0 Å². The van der Waals surface area contributed by atoms with Crippen molar-refractivity contribution in [3.05, 3.63) is 58.6 Å². The third kappa shape index (κ3) is 4.07. The first kappa shape index (κ1) is 18.3. The minimum atomic E-state index is -4.71. The standard InChI is InChI=1S/C15H10ClF3O4S/c1-24(21,22)9-6-7-12(16)10(8-9)14(20)23-13-5-3-2-4-11(13)15(17,18)19/h2-8H,1H3. The highest BCUT2D eigenvalue weighted by Gasteiger charge is 2.34. The molecule has 0 aromatic heterocycles. The molecule has 2 rings (SSSR count). The molecule has 2 aromatic rings. The van der Waals surface area contributed by atoms with Crippen molar-refractivity contribution in [3.8, 4) is 5.75 Å². The lowest BCUT2D eigenvalue weighted by Crippen LogP contribution is -2.14. The highest BCUT2D eigenvalue weighted by Crippen LogP contribution is 2.36. The fraction of sp³-hybridized carbons (Fsp3) is 0.133. The molecule has 0 aliphatic heterocycles. The van der Waals surface area contributed by atoms with Gasteiger partial charge in [-0.3, -0.25) is 0 Å². The van der Waals surface area contributed by atoms with Crippen molar-refractivity contribution in [2.45, 2.75) is 11.1 Å². The van der Waals surface area contributed by atoms with Crippen LogP contribution in [0.3, 0.4) is 0 Å². The number of rotatable bonds is 3. The average Bonchev–Trinajstić information content (AvgIpc) is 2.45. The predicted octanol–water partition coefficient (Wildman–Crippen LogP) is 3.98. The Morgan fingerprint density at radius 2 is 1.75 bits per heavy atom. The maximum atomic E-state index is 12.9. The quantitative estimate of drug-likeness (QED) is 0.598. The molecule has 0 radical (unpaired) electrons. The van der Waals surface area contributed by atoms with Crippen molar-refractivity contribution < 1.29 is 31.1 Å². The summed E-state index contributed by atoms with van der Waals surface area (Å²) in [6.07, 6.45) is -3.79. The van der Waals surface area contributed by atoms with Crippen LogP contribution in [0.4, 0.5) is 13.2 Å². The summed E-state index contributed by atoms with van der Waals surface area (Å²) in [6, 6.07) is 7.45. The van der Waals surface area contributed by atoms with Crippen molar-refractivity contribution in [1.29, 1.82) is 0 Å². The van der Waals surface area contributed by atoms with Gasteiger partial charge in [0, 0.05) is 6.26 Å². The summed E-state index contributed by atoms with van der Waals surface area (Å²) in [5, 5.41) is -0.142. The molecule has 4 nitrogen and oxygen atoms in total. The van der Waals surface area contributed by atoms with Gasteiger partial charge in [0.15, 0.2) is 9.84 Å². The minimum absolute atomic E-state index is 0.142. The van der Waals surface area contributed by atoms with Crippen LogP contribution in [-0.4, -0.2) is 20.6 Å². The highest BCUT2D eigenvalue weighted by atomic mass is 35.5. The lowest BCUT2D eigenvalue weighted by molar-refractivity contribution is -0.138. The Hall–Kier alpha value is -2.06. The zero-order valence-corrected chi connectivity index (χ0v) is 13.7. The van der Waals surface area contributed by atoms with Crippen molar-refractivity contribution in [3.63, 3.8) is 0 Å². The van der Waals surface area contributed by atoms with Gasteiger partial charge in [0.25, 0.3) is 0 Å². The Morgan fingerprint density at radius 1 is 1.12 bits per heavy atom. The van der Waals surface area contributed by atoms with Gasteiger partial charge >= 0.3 is 12.1 Å². The van der Waals surface area contributed by atoms with E-state index in [2.05, 4.69) is 0 Å². The first-order valence-electron chi connectivity index (χ1n) is 6.38. The van der Waals surface area contributed by atoms with Crippen LogP contribution in [-0.2, 0) is 16.0 Å². The lowest BCUT2D eigenvalue weighted by Gasteiger charge is -2.13. The van der Waals surface area contributed by atoms with Crippen LogP contribution in [0, 0.1) is 0 Å². The number of carbonyl (C=O) groups excluding carboxylic acids is 1. The van der Waals surface area contributed by atoms with Crippen LogP contribution < -0.4 is 4.74 Å². The molecular formula is C15H10ClF3O4S. The van der Waals surface area contributed by atoms with Crippen LogP contribution in [0.1, 0.15) is 15.9 Å².